The second-order valence-electron chi connectivity index (χ2n) is 6.35. The van der Waals surface area contributed by atoms with E-state index >= 15 is 0 Å². The first-order valence-electron chi connectivity index (χ1n) is 8.62. The lowest BCUT2D eigenvalue weighted by Gasteiger charge is -2.26. The minimum Gasteiger partial charge on any atom is -0.379 e. The van der Waals surface area contributed by atoms with Crippen LogP contribution in [0.4, 0.5) is 0 Å². The Bertz CT molecular complexity index is 651. The predicted molar refractivity (Wildman–Crippen MR) is 93.8 cm³/mol. The van der Waals surface area contributed by atoms with E-state index in [1.165, 1.54) is 10.6 Å². The smallest absolute Gasteiger partial charge is 0.267 e. The number of nitrogens with zero attached hydrogens (tertiary/aromatic N) is 3. The number of morpholine rings is 1. The van der Waals surface area contributed by atoms with E-state index in [0.717, 1.165) is 38.4 Å². The van der Waals surface area contributed by atoms with Crippen molar-refractivity contribution in [2.45, 2.75) is 25.9 Å². The van der Waals surface area contributed by atoms with Gasteiger partial charge in [-0.3, -0.25) is 14.5 Å². The molecule has 0 unspecified atom stereocenters. The fourth-order valence-electron chi connectivity index (χ4n) is 2.90. The molecule has 0 aliphatic carbocycles. The Labute approximate surface area is 147 Å². The molecule has 2 aliphatic rings. The first kappa shape index (κ1) is 17.6. The van der Waals surface area contributed by atoms with E-state index in [4.69, 9.17) is 4.74 Å². The SMILES string of the molecule is CN1N=C(C(=O)NCc2ccc(CN3CCOCC3)cc2)CCC1=O. The molecular weight excluding hydrogens is 320 g/mol. The van der Waals surface area contributed by atoms with Gasteiger partial charge >= 0.3 is 0 Å². The van der Waals surface area contributed by atoms with Gasteiger partial charge in [-0.1, -0.05) is 24.3 Å². The van der Waals surface area contributed by atoms with Gasteiger partial charge in [-0.2, -0.15) is 5.10 Å². The molecule has 1 N–H and O–H groups in total. The van der Waals surface area contributed by atoms with Crippen LogP contribution in [0.5, 0.6) is 0 Å². The molecule has 3 rings (SSSR count). The first-order chi connectivity index (χ1) is 12.1. The van der Waals surface area contributed by atoms with Gasteiger partial charge in [-0.05, 0) is 11.1 Å². The fourth-order valence-corrected chi connectivity index (χ4v) is 2.90. The van der Waals surface area contributed by atoms with Crippen LogP contribution >= 0.6 is 0 Å². The molecule has 0 atom stereocenters. The number of nitrogens with one attached hydrogen (secondary N) is 1. The van der Waals surface area contributed by atoms with Crippen LogP contribution in [-0.4, -0.2) is 60.8 Å². The summed E-state index contributed by atoms with van der Waals surface area (Å²) in [5.41, 5.74) is 2.71. The number of carbonyl (C=O) groups excluding carboxylic acids is 2. The minimum atomic E-state index is -0.211. The van der Waals surface area contributed by atoms with Crippen molar-refractivity contribution in [2.75, 3.05) is 33.4 Å². The molecule has 7 nitrogen and oxygen atoms in total. The molecule has 1 aromatic carbocycles. The Morgan fingerprint density at radius 2 is 1.84 bits per heavy atom. The van der Waals surface area contributed by atoms with Crippen LogP contribution in [0.25, 0.3) is 0 Å². The second kappa shape index (κ2) is 8.22. The lowest BCUT2D eigenvalue weighted by atomic mass is 10.1. The standard InChI is InChI=1S/C18H24N4O3/c1-21-17(23)7-6-16(20-21)18(24)19-12-14-2-4-15(5-3-14)13-22-8-10-25-11-9-22/h2-5H,6-13H2,1H3,(H,19,24). The maximum Gasteiger partial charge on any atom is 0.267 e. The van der Waals surface area contributed by atoms with Crippen molar-refractivity contribution in [2.24, 2.45) is 5.10 Å². The quantitative estimate of drug-likeness (QED) is 0.855. The number of carbonyl (C=O) groups is 2. The topological polar surface area (TPSA) is 74.2 Å². The summed E-state index contributed by atoms with van der Waals surface area (Å²) in [6, 6.07) is 8.27. The van der Waals surface area contributed by atoms with Crippen molar-refractivity contribution in [3.05, 3.63) is 35.4 Å². The Balaban J connectivity index is 1.49. The Morgan fingerprint density at radius 1 is 1.16 bits per heavy atom. The number of ether oxygens (including phenoxy) is 1. The summed E-state index contributed by atoms with van der Waals surface area (Å²) in [5, 5.41) is 8.13. The van der Waals surface area contributed by atoms with Crippen LogP contribution in [-0.2, 0) is 27.4 Å². The van der Waals surface area contributed by atoms with Crippen molar-refractivity contribution in [3.8, 4) is 0 Å². The zero-order chi connectivity index (χ0) is 17.6. The first-order valence-corrected chi connectivity index (χ1v) is 8.62. The van der Waals surface area contributed by atoms with E-state index in [1.807, 2.05) is 12.1 Å². The normalized spacial score (nSPS) is 18.8. The highest BCUT2D eigenvalue weighted by Gasteiger charge is 2.21. The van der Waals surface area contributed by atoms with E-state index in [-0.39, 0.29) is 11.8 Å². The van der Waals surface area contributed by atoms with Crippen LogP contribution in [0.3, 0.4) is 0 Å². The van der Waals surface area contributed by atoms with Crippen molar-refractivity contribution in [1.29, 1.82) is 0 Å². The lowest BCUT2D eigenvalue weighted by molar-refractivity contribution is -0.130. The summed E-state index contributed by atoms with van der Waals surface area (Å²) in [4.78, 5) is 25.9. The number of hydrogen-bond acceptors (Lipinski definition) is 5. The van der Waals surface area contributed by atoms with Crippen LogP contribution in [0.15, 0.2) is 29.4 Å². The Hall–Kier alpha value is -2.25. The fraction of sp³-hybridized carbons (Fsp3) is 0.500. The van der Waals surface area contributed by atoms with Gasteiger partial charge in [0.2, 0.25) is 5.91 Å². The molecule has 7 heteroatoms. The molecule has 134 valence electrons. The lowest BCUT2D eigenvalue weighted by Crippen LogP contribution is -2.37. The zero-order valence-electron chi connectivity index (χ0n) is 14.5. The summed E-state index contributed by atoms with van der Waals surface area (Å²) in [5.74, 6) is -0.274. The molecule has 2 amide bonds. The number of hydrogen-bond donors (Lipinski definition) is 1. The summed E-state index contributed by atoms with van der Waals surface area (Å²) < 4.78 is 5.36. The van der Waals surface area contributed by atoms with Crippen LogP contribution in [0, 0.1) is 0 Å². The van der Waals surface area contributed by atoms with Gasteiger partial charge in [0.25, 0.3) is 5.91 Å². The van der Waals surface area contributed by atoms with Crippen molar-refractivity contribution in [3.63, 3.8) is 0 Å². The monoisotopic (exact) mass is 344 g/mol. The Morgan fingerprint density at radius 3 is 2.52 bits per heavy atom. The highest BCUT2D eigenvalue weighted by Crippen LogP contribution is 2.10. The summed E-state index contributed by atoms with van der Waals surface area (Å²) in [6.07, 6.45) is 0.729. The van der Waals surface area contributed by atoms with E-state index in [1.54, 1.807) is 7.05 Å². The third kappa shape index (κ3) is 4.87. The molecule has 0 bridgehead atoms. The zero-order valence-corrected chi connectivity index (χ0v) is 14.5. The highest BCUT2D eigenvalue weighted by molar-refractivity contribution is 6.39. The minimum absolute atomic E-state index is 0.0626. The van der Waals surface area contributed by atoms with E-state index in [0.29, 0.717) is 25.1 Å². The summed E-state index contributed by atoms with van der Waals surface area (Å²) >= 11 is 0. The molecule has 25 heavy (non-hydrogen) atoms. The van der Waals surface area contributed by atoms with Gasteiger partial charge in [-0.15, -0.1) is 0 Å². The summed E-state index contributed by atoms with van der Waals surface area (Å²) in [6.45, 7) is 4.91. The highest BCUT2D eigenvalue weighted by atomic mass is 16.5. The number of amides is 2. The van der Waals surface area contributed by atoms with Gasteiger partial charge in [0.15, 0.2) is 0 Å². The average Bonchev–Trinajstić information content (AvgIpc) is 2.64. The largest absolute Gasteiger partial charge is 0.379 e. The van der Waals surface area contributed by atoms with E-state index in [9.17, 15) is 9.59 Å². The molecule has 0 spiro atoms. The Kier molecular flexibility index (Phi) is 5.78. The maximum atomic E-state index is 12.2. The number of benzene rings is 1. The molecule has 0 radical (unpaired) electrons. The molecule has 1 aromatic rings. The van der Waals surface area contributed by atoms with Crippen LogP contribution in [0.1, 0.15) is 24.0 Å². The molecule has 1 fully saturated rings. The number of rotatable bonds is 5. The van der Waals surface area contributed by atoms with Crippen molar-refractivity contribution < 1.29 is 14.3 Å². The van der Waals surface area contributed by atoms with Crippen molar-refractivity contribution in [1.82, 2.24) is 15.2 Å². The van der Waals surface area contributed by atoms with Crippen LogP contribution in [0.2, 0.25) is 0 Å². The molecule has 2 aliphatic heterocycles. The van der Waals surface area contributed by atoms with E-state index in [2.05, 4.69) is 27.5 Å². The van der Waals surface area contributed by atoms with Gasteiger partial charge in [0.1, 0.15) is 5.71 Å². The predicted octanol–water partition coefficient (Wildman–Crippen LogP) is 0.743. The van der Waals surface area contributed by atoms with Gasteiger partial charge in [-0.25, -0.2) is 5.01 Å². The van der Waals surface area contributed by atoms with E-state index < -0.39 is 0 Å². The molecule has 2 heterocycles. The molecule has 1 saturated heterocycles. The number of hydrazone groups is 1. The average molecular weight is 344 g/mol. The summed E-state index contributed by atoms with van der Waals surface area (Å²) in [7, 11) is 1.57. The third-order valence-corrected chi connectivity index (χ3v) is 4.46. The molecule has 0 saturated carbocycles. The van der Waals surface area contributed by atoms with Crippen LogP contribution < -0.4 is 5.32 Å². The van der Waals surface area contributed by atoms with Gasteiger partial charge in [0.05, 0.1) is 13.2 Å². The van der Waals surface area contributed by atoms with Gasteiger partial charge < -0.3 is 10.1 Å². The second-order valence-corrected chi connectivity index (χ2v) is 6.35. The molecular formula is C18H24N4O3. The molecule has 0 aromatic heterocycles. The van der Waals surface area contributed by atoms with Crippen molar-refractivity contribution >= 4 is 17.5 Å². The van der Waals surface area contributed by atoms with Gasteiger partial charge in [0, 0.05) is 46.1 Å². The maximum absolute atomic E-state index is 12.2. The third-order valence-electron chi connectivity index (χ3n) is 4.46.